The van der Waals surface area contributed by atoms with Crippen molar-refractivity contribution in [3.63, 3.8) is 0 Å². The van der Waals surface area contributed by atoms with E-state index in [0.29, 0.717) is 16.1 Å². The minimum atomic E-state index is 0.480. The summed E-state index contributed by atoms with van der Waals surface area (Å²) in [5.41, 5.74) is 0.933. The molecule has 1 aromatic carbocycles. The number of halogens is 3. The highest BCUT2D eigenvalue weighted by Gasteiger charge is 2.20. The van der Waals surface area contributed by atoms with Crippen LogP contribution in [-0.4, -0.2) is 30.6 Å². The molecule has 0 unspecified atom stereocenters. The summed E-state index contributed by atoms with van der Waals surface area (Å²) in [4.78, 5) is 2.54. The summed E-state index contributed by atoms with van der Waals surface area (Å²) in [5.74, 6) is 0.735. The summed E-state index contributed by atoms with van der Waals surface area (Å²) in [6.07, 6.45) is 2.30. The van der Waals surface area contributed by atoms with Gasteiger partial charge in [0.05, 0.1) is 15.7 Å². The van der Waals surface area contributed by atoms with Crippen molar-refractivity contribution in [2.45, 2.75) is 32.7 Å². The van der Waals surface area contributed by atoms with Crippen molar-refractivity contribution in [2.24, 2.45) is 5.92 Å². The van der Waals surface area contributed by atoms with Gasteiger partial charge in [-0.05, 0) is 46.8 Å². The largest absolute Gasteiger partial charge is 0.381 e. The molecule has 112 valence electrons. The average molecular weight is 380 g/mol. The van der Waals surface area contributed by atoms with Crippen LogP contribution in [0, 0.1) is 5.92 Å². The number of anilines is 1. The lowest BCUT2D eigenvalue weighted by molar-refractivity contribution is 0.198. The third-order valence-corrected chi connectivity index (χ3v) is 5.38. The Kier molecular flexibility index (Phi) is 6.03. The highest BCUT2D eigenvalue weighted by Crippen LogP contribution is 2.36. The van der Waals surface area contributed by atoms with Gasteiger partial charge in [-0.1, -0.05) is 37.0 Å². The summed E-state index contributed by atoms with van der Waals surface area (Å²) in [5, 5.41) is 4.71. The van der Waals surface area contributed by atoms with E-state index in [1.54, 1.807) is 0 Å². The van der Waals surface area contributed by atoms with Crippen molar-refractivity contribution < 1.29 is 0 Å². The van der Waals surface area contributed by atoms with Gasteiger partial charge in [0.1, 0.15) is 0 Å². The van der Waals surface area contributed by atoms with E-state index in [1.165, 1.54) is 6.54 Å². The number of likely N-dealkylation sites (tertiary alicyclic amines) is 1. The summed E-state index contributed by atoms with van der Waals surface area (Å²) in [7, 11) is 0. The second-order valence-electron chi connectivity index (χ2n) is 5.84. The van der Waals surface area contributed by atoms with Crippen molar-refractivity contribution in [1.82, 2.24) is 4.90 Å². The molecule has 0 spiro atoms. The molecule has 0 radical (unpaired) electrons. The number of hydrogen-bond donors (Lipinski definition) is 1. The van der Waals surface area contributed by atoms with E-state index in [0.717, 1.165) is 42.0 Å². The highest BCUT2D eigenvalue weighted by molar-refractivity contribution is 9.10. The minimum Gasteiger partial charge on any atom is -0.381 e. The van der Waals surface area contributed by atoms with Crippen LogP contribution >= 0.6 is 39.1 Å². The summed E-state index contributed by atoms with van der Waals surface area (Å²) in [6.45, 7) is 8.04. The van der Waals surface area contributed by atoms with Crippen LogP contribution in [0.3, 0.4) is 0 Å². The Morgan fingerprint density at radius 3 is 2.50 bits per heavy atom. The Bertz CT molecular complexity index is 457. The zero-order valence-corrected chi connectivity index (χ0v) is 15.0. The molecule has 2 nitrogen and oxygen atoms in total. The molecule has 0 atom stereocenters. The fourth-order valence-corrected chi connectivity index (χ4v) is 3.46. The van der Waals surface area contributed by atoms with Crippen molar-refractivity contribution in [2.75, 3.05) is 25.0 Å². The SMILES string of the molecule is CC(C)CN1CCC(Nc2ccc(Br)c(Cl)c2Cl)CC1. The first-order chi connectivity index (χ1) is 9.47. The van der Waals surface area contributed by atoms with E-state index in [4.69, 9.17) is 23.2 Å². The maximum absolute atomic E-state index is 6.28. The number of benzene rings is 1. The van der Waals surface area contributed by atoms with E-state index < -0.39 is 0 Å². The molecule has 20 heavy (non-hydrogen) atoms. The smallest absolute Gasteiger partial charge is 0.0835 e. The molecule has 2 rings (SSSR count). The molecule has 5 heteroatoms. The fourth-order valence-electron chi connectivity index (χ4n) is 2.63. The van der Waals surface area contributed by atoms with Crippen LogP contribution in [0.5, 0.6) is 0 Å². The van der Waals surface area contributed by atoms with E-state index in [-0.39, 0.29) is 0 Å². The summed E-state index contributed by atoms with van der Waals surface area (Å²) >= 11 is 15.8. The normalized spacial score (nSPS) is 17.7. The molecule has 1 aliphatic rings. The number of nitrogens with one attached hydrogen (secondary N) is 1. The first-order valence-corrected chi connectivity index (χ1v) is 8.64. The lowest BCUT2D eigenvalue weighted by Gasteiger charge is -2.34. The molecule has 1 aliphatic heterocycles. The van der Waals surface area contributed by atoms with Crippen LogP contribution in [0.1, 0.15) is 26.7 Å². The van der Waals surface area contributed by atoms with Crippen molar-refractivity contribution in [1.29, 1.82) is 0 Å². The first kappa shape index (κ1) is 16.4. The third kappa shape index (κ3) is 4.27. The van der Waals surface area contributed by atoms with E-state index in [1.807, 2.05) is 12.1 Å². The van der Waals surface area contributed by atoms with Gasteiger partial charge in [-0.25, -0.2) is 0 Å². The zero-order valence-electron chi connectivity index (χ0n) is 11.9. The molecular weight excluding hydrogens is 359 g/mol. The lowest BCUT2D eigenvalue weighted by atomic mass is 10.0. The molecule has 0 saturated carbocycles. The Hall–Kier alpha value is 0.0400. The molecule has 1 fully saturated rings. The van der Waals surface area contributed by atoms with Gasteiger partial charge in [-0.2, -0.15) is 0 Å². The van der Waals surface area contributed by atoms with Crippen LogP contribution in [0.25, 0.3) is 0 Å². The molecule has 1 N–H and O–H groups in total. The molecule has 1 aromatic rings. The third-order valence-electron chi connectivity index (χ3n) is 3.61. The van der Waals surface area contributed by atoms with Crippen LogP contribution in [0.15, 0.2) is 16.6 Å². The van der Waals surface area contributed by atoms with Crippen LogP contribution in [0.4, 0.5) is 5.69 Å². The second kappa shape index (κ2) is 7.35. The van der Waals surface area contributed by atoms with Gasteiger partial charge in [0.2, 0.25) is 0 Å². The molecule has 0 aliphatic carbocycles. The van der Waals surface area contributed by atoms with Crippen LogP contribution in [0.2, 0.25) is 10.0 Å². The van der Waals surface area contributed by atoms with Crippen molar-refractivity contribution >= 4 is 44.8 Å². The summed E-state index contributed by atoms with van der Waals surface area (Å²) < 4.78 is 0.835. The number of hydrogen-bond acceptors (Lipinski definition) is 2. The number of rotatable bonds is 4. The van der Waals surface area contributed by atoms with Crippen LogP contribution < -0.4 is 5.32 Å². The van der Waals surface area contributed by atoms with Gasteiger partial charge in [-0.3, -0.25) is 0 Å². The van der Waals surface area contributed by atoms with Gasteiger partial charge in [0.25, 0.3) is 0 Å². The van der Waals surface area contributed by atoms with Crippen molar-refractivity contribution in [3.05, 3.63) is 26.7 Å². The lowest BCUT2D eigenvalue weighted by Crippen LogP contribution is -2.40. The maximum Gasteiger partial charge on any atom is 0.0835 e. The molecule has 0 aromatic heterocycles. The second-order valence-corrected chi connectivity index (χ2v) is 7.45. The van der Waals surface area contributed by atoms with Gasteiger partial charge in [0.15, 0.2) is 0 Å². The quantitative estimate of drug-likeness (QED) is 0.715. The van der Waals surface area contributed by atoms with E-state index >= 15 is 0 Å². The molecule has 0 amide bonds. The first-order valence-electron chi connectivity index (χ1n) is 7.09. The predicted octanol–water partition coefficient (Wildman–Crippen LogP) is 5.29. The topological polar surface area (TPSA) is 15.3 Å². The average Bonchev–Trinajstić information content (AvgIpc) is 2.41. The Morgan fingerprint density at radius 2 is 1.90 bits per heavy atom. The van der Waals surface area contributed by atoms with Crippen LogP contribution in [-0.2, 0) is 0 Å². The standard InChI is InChI=1S/C15H21BrCl2N2/c1-10(2)9-20-7-5-11(6-8-20)19-13-4-3-12(16)14(17)15(13)18/h3-4,10-11,19H,5-9H2,1-2H3. The fraction of sp³-hybridized carbons (Fsp3) is 0.600. The highest BCUT2D eigenvalue weighted by atomic mass is 79.9. The number of piperidine rings is 1. The Morgan fingerprint density at radius 1 is 1.25 bits per heavy atom. The number of nitrogens with zero attached hydrogens (tertiary/aromatic N) is 1. The molecule has 1 saturated heterocycles. The zero-order chi connectivity index (χ0) is 14.7. The minimum absolute atomic E-state index is 0.480. The van der Waals surface area contributed by atoms with Gasteiger partial charge >= 0.3 is 0 Å². The Balaban J connectivity index is 1.91. The predicted molar refractivity (Wildman–Crippen MR) is 92.1 cm³/mol. The van der Waals surface area contributed by atoms with Crippen molar-refractivity contribution in [3.8, 4) is 0 Å². The van der Waals surface area contributed by atoms with Gasteiger partial charge < -0.3 is 10.2 Å². The van der Waals surface area contributed by atoms with E-state index in [2.05, 4.69) is 40.0 Å². The monoisotopic (exact) mass is 378 g/mol. The Labute approximate surface area is 139 Å². The van der Waals surface area contributed by atoms with Gasteiger partial charge in [-0.15, -0.1) is 0 Å². The van der Waals surface area contributed by atoms with Gasteiger partial charge in [0, 0.05) is 30.1 Å². The molecule has 0 bridgehead atoms. The summed E-state index contributed by atoms with van der Waals surface area (Å²) in [6, 6.07) is 4.40. The maximum atomic E-state index is 6.28. The molecule has 1 heterocycles. The molecular formula is C15H21BrCl2N2. The van der Waals surface area contributed by atoms with E-state index in [9.17, 15) is 0 Å².